The third-order valence-corrected chi connectivity index (χ3v) is 9.33. The van der Waals surface area contributed by atoms with E-state index in [1.807, 2.05) is 0 Å². The third kappa shape index (κ3) is 6.04. The number of anilines is 1. The number of halogens is 5. The highest BCUT2D eigenvalue weighted by Crippen LogP contribution is 2.47. The van der Waals surface area contributed by atoms with E-state index in [4.69, 9.17) is 0 Å². The molecule has 4 aliphatic rings. The fraction of sp³-hybridized carbons (Fsp3) is 0.630. The Hall–Kier alpha value is -2.87. The lowest BCUT2D eigenvalue weighted by molar-refractivity contribution is -0.137. The lowest BCUT2D eigenvalue weighted by Gasteiger charge is -2.22. The standard InChI is InChI=1S/C27H30F5N5O3S/c1-13-9-26(28,29)12-37(13)24(39)20-21(41-23(36-20)22(38)34-11-25(40)6-7-25)16-10-33-18(8-17(16)27(30,31)32)35-19(14-2-3-14)15-4-5-15/h8,10,13-15,19,40H,2-7,9,11-12H2,1H3,(H,33,35)(H,34,38)/t13-/m0/s1. The van der Waals surface area contributed by atoms with Crippen molar-refractivity contribution in [2.45, 2.75) is 81.7 Å². The number of hydrogen-bond donors (Lipinski definition) is 3. The van der Waals surface area contributed by atoms with Crippen molar-refractivity contribution in [2.24, 2.45) is 11.8 Å². The first-order chi connectivity index (χ1) is 19.2. The number of alkyl halides is 5. The Balaban J connectivity index is 1.37. The quantitative estimate of drug-likeness (QED) is 0.353. The van der Waals surface area contributed by atoms with Crippen molar-refractivity contribution in [3.8, 4) is 10.4 Å². The predicted octanol–water partition coefficient (Wildman–Crippen LogP) is 4.95. The molecular formula is C27H30F5N5O3S. The number of likely N-dealkylation sites (tertiary alicyclic amines) is 1. The highest BCUT2D eigenvalue weighted by molar-refractivity contribution is 7.17. The van der Waals surface area contributed by atoms with E-state index in [9.17, 15) is 36.6 Å². The van der Waals surface area contributed by atoms with Gasteiger partial charge in [-0.15, -0.1) is 11.3 Å². The molecule has 1 saturated heterocycles. The highest BCUT2D eigenvalue weighted by Gasteiger charge is 2.47. The van der Waals surface area contributed by atoms with Crippen molar-refractivity contribution < 1.29 is 36.6 Å². The molecule has 2 amide bonds. The molecule has 0 aromatic carbocycles. The molecule has 2 aromatic rings. The third-order valence-electron chi connectivity index (χ3n) is 8.25. The minimum absolute atomic E-state index is 0.0462. The second kappa shape index (κ2) is 9.85. The topological polar surface area (TPSA) is 107 Å². The van der Waals surface area contributed by atoms with E-state index in [0.29, 0.717) is 36.0 Å². The van der Waals surface area contributed by atoms with Crippen molar-refractivity contribution in [1.82, 2.24) is 20.2 Å². The molecule has 0 spiro atoms. The van der Waals surface area contributed by atoms with Gasteiger partial charge in [0, 0.05) is 36.8 Å². The van der Waals surface area contributed by atoms with Crippen LogP contribution in [0.1, 0.15) is 77.7 Å². The summed E-state index contributed by atoms with van der Waals surface area (Å²) in [7, 11) is 0. The minimum atomic E-state index is -4.85. The van der Waals surface area contributed by atoms with Gasteiger partial charge in [0.05, 0.1) is 22.6 Å². The molecule has 41 heavy (non-hydrogen) atoms. The SMILES string of the molecule is C[C@H]1CC(F)(F)CN1C(=O)c1nc(C(=O)NCC2(O)CC2)sc1-c1cnc(NC(C2CC2)C2CC2)cc1C(F)(F)F. The summed E-state index contributed by atoms with van der Waals surface area (Å²) in [5, 5.41) is 15.4. The first-order valence-corrected chi connectivity index (χ1v) is 14.6. The molecule has 222 valence electrons. The Morgan fingerprint density at radius 2 is 1.85 bits per heavy atom. The maximum Gasteiger partial charge on any atom is 0.417 e. The fourth-order valence-corrected chi connectivity index (χ4v) is 6.46. The van der Waals surface area contributed by atoms with Crippen LogP contribution in [0.15, 0.2) is 12.3 Å². The van der Waals surface area contributed by atoms with Crippen LogP contribution in [0.2, 0.25) is 0 Å². The Morgan fingerprint density at radius 1 is 1.20 bits per heavy atom. The van der Waals surface area contributed by atoms with E-state index >= 15 is 0 Å². The molecular weight excluding hydrogens is 569 g/mol. The molecule has 0 unspecified atom stereocenters. The van der Waals surface area contributed by atoms with Crippen LogP contribution in [0, 0.1) is 11.8 Å². The van der Waals surface area contributed by atoms with Gasteiger partial charge in [-0.1, -0.05) is 0 Å². The van der Waals surface area contributed by atoms with Crippen molar-refractivity contribution >= 4 is 29.0 Å². The van der Waals surface area contributed by atoms with Crippen molar-refractivity contribution in [3.63, 3.8) is 0 Å². The molecule has 3 saturated carbocycles. The van der Waals surface area contributed by atoms with Crippen LogP contribution in [-0.4, -0.2) is 68.5 Å². The monoisotopic (exact) mass is 599 g/mol. The zero-order valence-corrected chi connectivity index (χ0v) is 23.0. The van der Waals surface area contributed by atoms with Crippen LogP contribution < -0.4 is 10.6 Å². The number of nitrogens with zero attached hydrogens (tertiary/aromatic N) is 3. The molecule has 2 aromatic heterocycles. The maximum atomic E-state index is 14.4. The van der Waals surface area contributed by atoms with Crippen LogP contribution in [-0.2, 0) is 6.18 Å². The lowest BCUT2D eigenvalue weighted by atomic mass is 10.0. The Kier molecular flexibility index (Phi) is 6.79. The lowest BCUT2D eigenvalue weighted by Crippen LogP contribution is -2.36. The summed E-state index contributed by atoms with van der Waals surface area (Å²) < 4.78 is 71.6. The molecule has 3 aliphatic carbocycles. The van der Waals surface area contributed by atoms with Gasteiger partial charge in [-0.3, -0.25) is 9.59 Å². The smallest absolute Gasteiger partial charge is 0.388 e. The van der Waals surface area contributed by atoms with Crippen LogP contribution >= 0.6 is 11.3 Å². The summed E-state index contributed by atoms with van der Waals surface area (Å²) in [5.74, 6) is -4.06. The van der Waals surface area contributed by atoms with Crippen molar-refractivity contribution in [2.75, 3.05) is 18.4 Å². The zero-order valence-electron chi connectivity index (χ0n) is 22.2. The average Bonchev–Trinajstić information content (AvgIpc) is 3.81. The van der Waals surface area contributed by atoms with Crippen LogP contribution in [0.25, 0.3) is 10.4 Å². The number of aromatic nitrogens is 2. The second-order valence-corrected chi connectivity index (χ2v) is 12.9. The largest absolute Gasteiger partial charge is 0.417 e. The molecule has 3 heterocycles. The predicted molar refractivity (Wildman–Crippen MR) is 140 cm³/mol. The van der Waals surface area contributed by atoms with E-state index in [2.05, 4.69) is 20.6 Å². The van der Waals surface area contributed by atoms with Gasteiger partial charge in [0.2, 0.25) is 0 Å². The van der Waals surface area contributed by atoms with Crippen molar-refractivity contribution in [1.29, 1.82) is 0 Å². The fourth-order valence-electron chi connectivity index (χ4n) is 5.46. The normalized spacial score (nSPS) is 23.1. The van der Waals surface area contributed by atoms with Crippen LogP contribution in [0.5, 0.6) is 0 Å². The average molecular weight is 600 g/mol. The zero-order chi connectivity index (χ0) is 29.3. The van der Waals surface area contributed by atoms with Gasteiger partial charge < -0.3 is 20.6 Å². The molecule has 0 bridgehead atoms. The number of pyridine rings is 1. The number of aliphatic hydroxyl groups is 1. The van der Waals surface area contributed by atoms with Gasteiger partial charge >= 0.3 is 6.18 Å². The van der Waals surface area contributed by atoms with E-state index in [0.717, 1.165) is 42.8 Å². The van der Waals surface area contributed by atoms with Gasteiger partial charge in [-0.2, -0.15) is 13.2 Å². The summed E-state index contributed by atoms with van der Waals surface area (Å²) in [6.07, 6.45) is 0.601. The number of hydrogen-bond acceptors (Lipinski definition) is 7. The second-order valence-electron chi connectivity index (χ2n) is 11.9. The molecule has 3 N–H and O–H groups in total. The van der Waals surface area contributed by atoms with E-state index in [-0.39, 0.29) is 28.3 Å². The first kappa shape index (κ1) is 28.3. The molecule has 14 heteroatoms. The molecule has 1 aliphatic heterocycles. The molecule has 4 fully saturated rings. The van der Waals surface area contributed by atoms with E-state index in [1.165, 1.54) is 6.92 Å². The molecule has 1 atom stereocenters. The summed E-state index contributed by atoms with van der Waals surface area (Å²) in [6.45, 7) is 0.432. The molecule has 0 radical (unpaired) electrons. The first-order valence-electron chi connectivity index (χ1n) is 13.8. The van der Waals surface area contributed by atoms with E-state index < -0.39 is 65.3 Å². The van der Waals surface area contributed by atoms with Crippen molar-refractivity contribution in [3.05, 3.63) is 28.5 Å². The highest BCUT2D eigenvalue weighted by atomic mass is 32.1. The molecule has 8 nitrogen and oxygen atoms in total. The van der Waals surface area contributed by atoms with E-state index in [1.54, 1.807) is 0 Å². The summed E-state index contributed by atoms with van der Waals surface area (Å²) in [4.78, 5) is 35.3. The number of carbonyl (C=O) groups is 2. The van der Waals surface area contributed by atoms with Crippen LogP contribution in [0.4, 0.5) is 27.8 Å². The van der Waals surface area contributed by atoms with Crippen LogP contribution in [0.3, 0.4) is 0 Å². The van der Waals surface area contributed by atoms with Gasteiger partial charge in [0.25, 0.3) is 17.7 Å². The number of thiazole rings is 1. The van der Waals surface area contributed by atoms with Gasteiger partial charge in [0.1, 0.15) is 11.5 Å². The van der Waals surface area contributed by atoms with Gasteiger partial charge in [-0.25, -0.2) is 18.7 Å². The Morgan fingerprint density at radius 3 is 2.39 bits per heavy atom. The summed E-state index contributed by atoms with van der Waals surface area (Å²) >= 11 is 0.560. The van der Waals surface area contributed by atoms with Gasteiger partial charge in [-0.05, 0) is 63.4 Å². The molecule has 6 rings (SSSR count). The Bertz CT molecular complexity index is 1360. The Labute approximate surface area is 236 Å². The maximum absolute atomic E-state index is 14.4. The number of carbonyl (C=O) groups excluding carboxylic acids is 2. The summed E-state index contributed by atoms with van der Waals surface area (Å²) in [6, 6.07) is 0.0580. The number of rotatable bonds is 9. The van der Waals surface area contributed by atoms with Gasteiger partial charge in [0.15, 0.2) is 5.01 Å². The minimum Gasteiger partial charge on any atom is -0.388 e. The summed E-state index contributed by atoms with van der Waals surface area (Å²) in [5.41, 5.74) is -3.09. The number of nitrogens with one attached hydrogen (secondary N) is 2. The number of amides is 2.